The molecule has 6 nitrogen and oxygen atoms in total. The normalized spacial score (nSPS) is 22.6. The maximum absolute atomic E-state index is 13.5. The van der Waals surface area contributed by atoms with Crippen molar-refractivity contribution in [3.8, 4) is 0 Å². The lowest BCUT2D eigenvalue weighted by atomic mass is 10.0. The number of rotatable bonds is 4. The Morgan fingerprint density at radius 1 is 1.32 bits per heavy atom. The number of halogens is 2. The molecular formula is C17H22F2N2O4. The molecule has 0 aromatic heterocycles. The van der Waals surface area contributed by atoms with Crippen molar-refractivity contribution in [2.75, 3.05) is 6.54 Å². The van der Waals surface area contributed by atoms with Crippen LogP contribution in [0.15, 0.2) is 18.2 Å². The van der Waals surface area contributed by atoms with Crippen LogP contribution < -0.4 is 5.73 Å². The van der Waals surface area contributed by atoms with Gasteiger partial charge >= 0.3 is 11.9 Å². The molecule has 0 aliphatic carbocycles. The summed E-state index contributed by atoms with van der Waals surface area (Å²) in [6.07, 6.45) is -0.576. The highest BCUT2D eigenvalue weighted by atomic mass is 19.2. The van der Waals surface area contributed by atoms with Gasteiger partial charge in [-0.1, -0.05) is 6.07 Å². The molecule has 3 unspecified atom stereocenters. The number of benzene rings is 1. The van der Waals surface area contributed by atoms with Gasteiger partial charge in [0, 0.05) is 6.54 Å². The van der Waals surface area contributed by atoms with Gasteiger partial charge in [-0.3, -0.25) is 14.5 Å². The molecule has 0 amide bonds. The Balaban J connectivity index is 2.24. The van der Waals surface area contributed by atoms with Crippen LogP contribution >= 0.6 is 0 Å². The predicted molar refractivity (Wildman–Crippen MR) is 85.4 cm³/mol. The molecule has 0 radical (unpaired) electrons. The van der Waals surface area contributed by atoms with Crippen LogP contribution in [0.2, 0.25) is 0 Å². The number of carbonyl (C=O) groups is 2. The Hall–Kier alpha value is -2.06. The van der Waals surface area contributed by atoms with E-state index in [9.17, 15) is 23.5 Å². The van der Waals surface area contributed by atoms with Gasteiger partial charge in [0.2, 0.25) is 0 Å². The van der Waals surface area contributed by atoms with Crippen molar-refractivity contribution < 1.29 is 28.2 Å². The lowest BCUT2D eigenvalue weighted by Gasteiger charge is -2.30. The maximum atomic E-state index is 13.5. The van der Waals surface area contributed by atoms with E-state index in [0.29, 0.717) is 6.42 Å². The third-order valence-electron chi connectivity index (χ3n) is 4.03. The Bertz CT molecular complexity index is 675. The van der Waals surface area contributed by atoms with E-state index in [4.69, 9.17) is 10.5 Å². The fraction of sp³-hybridized carbons (Fsp3) is 0.529. The average Bonchev–Trinajstić information content (AvgIpc) is 2.83. The summed E-state index contributed by atoms with van der Waals surface area (Å²) in [7, 11) is 0. The SMILES string of the molecule is CC(C)(C)OC(=O)C1CCN(C(C(=O)O)c2ccc(F)c(F)c2)C1N. The predicted octanol–water partition coefficient (Wildman–Crippen LogP) is 2.04. The molecule has 8 heteroatoms. The first-order chi connectivity index (χ1) is 11.5. The number of hydrogen-bond donors (Lipinski definition) is 2. The first-order valence-electron chi connectivity index (χ1n) is 7.93. The van der Waals surface area contributed by atoms with Crippen LogP contribution in [0.1, 0.15) is 38.8 Å². The Morgan fingerprint density at radius 2 is 1.96 bits per heavy atom. The Morgan fingerprint density at radius 3 is 2.48 bits per heavy atom. The van der Waals surface area contributed by atoms with Gasteiger partial charge < -0.3 is 15.6 Å². The zero-order chi connectivity index (χ0) is 18.9. The van der Waals surface area contributed by atoms with Gasteiger partial charge in [0.15, 0.2) is 11.6 Å². The van der Waals surface area contributed by atoms with Crippen molar-refractivity contribution in [1.29, 1.82) is 0 Å². The van der Waals surface area contributed by atoms with Gasteiger partial charge in [-0.2, -0.15) is 0 Å². The van der Waals surface area contributed by atoms with Gasteiger partial charge in [0.25, 0.3) is 0 Å². The summed E-state index contributed by atoms with van der Waals surface area (Å²) in [5.41, 5.74) is 5.46. The molecule has 0 saturated carbocycles. The highest BCUT2D eigenvalue weighted by molar-refractivity contribution is 5.77. The minimum absolute atomic E-state index is 0.0617. The van der Waals surface area contributed by atoms with Crippen LogP contribution in [-0.2, 0) is 14.3 Å². The van der Waals surface area contributed by atoms with E-state index in [-0.39, 0.29) is 12.1 Å². The molecule has 0 spiro atoms. The Labute approximate surface area is 144 Å². The maximum Gasteiger partial charge on any atom is 0.325 e. The van der Waals surface area contributed by atoms with Crippen LogP contribution in [0, 0.1) is 17.6 Å². The number of likely N-dealkylation sites (tertiary alicyclic amines) is 1. The number of nitrogens with zero attached hydrogens (tertiary/aromatic N) is 1. The summed E-state index contributed by atoms with van der Waals surface area (Å²) < 4.78 is 31.9. The molecule has 0 bridgehead atoms. The zero-order valence-corrected chi connectivity index (χ0v) is 14.3. The van der Waals surface area contributed by atoms with Gasteiger partial charge in [-0.05, 0) is 44.9 Å². The topological polar surface area (TPSA) is 92.9 Å². The first kappa shape index (κ1) is 19.3. The number of hydrogen-bond acceptors (Lipinski definition) is 5. The van der Waals surface area contributed by atoms with Gasteiger partial charge in [-0.15, -0.1) is 0 Å². The molecule has 1 aliphatic rings. The Kier molecular flexibility index (Phi) is 5.43. The van der Waals surface area contributed by atoms with E-state index in [1.807, 2.05) is 0 Å². The van der Waals surface area contributed by atoms with E-state index in [0.717, 1.165) is 12.1 Å². The van der Waals surface area contributed by atoms with Crippen LogP contribution in [0.25, 0.3) is 0 Å². The van der Waals surface area contributed by atoms with Crippen LogP contribution in [0.5, 0.6) is 0 Å². The highest BCUT2D eigenvalue weighted by Gasteiger charge is 2.44. The van der Waals surface area contributed by atoms with Gasteiger partial charge in [0.1, 0.15) is 11.6 Å². The molecule has 2 rings (SSSR count). The van der Waals surface area contributed by atoms with Gasteiger partial charge in [0.05, 0.1) is 12.1 Å². The zero-order valence-electron chi connectivity index (χ0n) is 14.3. The van der Waals surface area contributed by atoms with E-state index >= 15 is 0 Å². The summed E-state index contributed by atoms with van der Waals surface area (Å²) in [6.45, 7) is 5.40. The molecule has 1 aromatic carbocycles. The minimum atomic E-state index is -1.28. The summed E-state index contributed by atoms with van der Waals surface area (Å²) in [6, 6.07) is 1.62. The summed E-state index contributed by atoms with van der Waals surface area (Å²) in [5.74, 6) is -4.65. The highest BCUT2D eigenvalue weighted by Crippen LogP contribution is 2.33. The molecule has 138 valence electrons. The van der Waals surface area contributed by atoms with Crippen molar-refractivity contribution in [2.24, 2.45) is 11.7 Å². The van der Waals surface area contributed by atoms with E-state index < -0.39 is 47.3 Å². The lowest BCUT2D eigenvalue weighted by molar-refractivity contribution is -0.161. The van der Waals surface area contributed by atoms with E-state index in [2.05, 4.69) is 0 Å². The largest absolute Gasteiger partial charge is 0.480 e. The van der Waals surface area contributed by atoms with Crippen molar-refractivity contribution in [3.63, 3.8) is 0 Å². The second-order valence-electron chi connectivity index (χ2n) is 7.07. The van der Waals surface area contributed by atoms with Crippen LogP contribution in [0.4, 0.5) is 8.78 Å². The monoisotopic (exact) mass is 356 g/mol. The number of esters is 1. The second kappa shape index (κ2) is 7.05. The van der Waals surface area contributed by atoms with Crippen molar-refractivity contribution >= 4 is 11.9 Å². The molecule has 1 fully saturated rings. The van der Waals surface area contributed by atoms with Crippen molar-refractivity contribution in [2.45, 2.75) is 45.0 Å². The van der Waals surface area contributed by atoms with Crippen molar-refractivity contribution in [3.05, 3.63) is 35.4 Å². The minimum Gasteiger partial charge on any atom is -0.480 e. The number of carboxylic acid groups (broad SMARTS) is 1. The lowest BCUT2D eigenvalue weighted by Crippen LogP contribution is -2.47. The van der Waals surface area contributed by atoms with E-state index in [1.165, 1.54) is 11.0 Å². The summed E-state index contributed by atoms with van der Waals surface area (Å²) in [5, 5.41) is 9.55. The number of carbonyl (C=O) groups excluding carboxylic acids is 1. The fourth-order valence-corrected chi connectivity index (χ4v) is 2.93. The summed E-state index contributed by atoms with van der Waals surface area (Å²) in [4.78, 5) is 25.4. The molecular weight excluding hydrogens is 334 g/mol. The second-order valence-corrected chi connectivity index (χ2v) is 7.07. The summed E-state index contributed by atoms with van der Waals surface area (Å²) >= 11 is 0. The third kappa shape index (κ3) is 4.32. The number of carboxylic acids is 1. The van der Waals surface area contributed by atoms with Crippen LogP contribution in [0.3, 0.4) is 0 Å². The molecule has 1 aliphatic heterocycles. The fourth-order valence-electron chi connectivity index (χ4n) is 2.93. The number of ether oxygens (including phenoxy) is 1. The molecule has 1 heterocycles. The third-order valence-corrected chi connectivity index (χ3v) is 4.03. The van der Waals surface area contributed by atoms with Crippen LogP contribution in [-0.4, -0.2) is 40.3 Å². The number of nitrogens with two attached hydrogens (primary N) is 1. The van der Waals surface area contributed by atoms with E-state index in [1.54, 1.807) is 20.8 Å². The molecule has 1 aromatic rings. The smallest absolute Gasteiger partial charge is 0.325 e. The molecule has 25 heavy (non-hydrogen) atoms. The average molecular weight is 356 g/mol. The number of aliphatic carboxylic acids is 1. The van der Waals surface area contributed by atoms with Gasteiger partial charge in [-0.25, -0.2) is 8.78 Å². The molecule has 1 saturated heterocycles. The quantitative estimate of drug-likeness (QED) is 0.802. The van der Waals surface area contributed by atoms with Crippen molar-refractivity contribution in [1.82, 2.24) is 4.90 Å². The molecule has 3 atom stereocenters. The first-order valence-corrected chi connectivity index (χ1v) is 7.93. The standard InChI is InChI=1S/C17H22F2N2O4/c1-17(2,3)25-16(24)10-6-7-21(14(10)20)13(15(22)23)9-4-5-11(18)12(19)8-9/h4-5,8,10,13-14H,6-7,20H2,1-3H3,(H,22,23). The molecule has 3 N–H and O–H groups in total.